The molecule has 0 aliphatic heterocycles. The summed E-state index contributed by atoms with van der Waals surface area (Å²) in [4.78, 5) is 14.6. The van der Waals surface area contributed by atoms with Crippen LogP contribution in [-0.2, 0) is 0 Å². The second kappa shape index (κ2) is 5.33. The number of hydrogen-bond acceptors (Lipinski definition) is 2. The fourth-order valence-electron chi connectivity index (χ4n) is 1.08. The van der Waals surface area contributed by atoms with E-state index < -0.39 is 24.4 Å². The van der Waals surface area contributed by atoms with Crippen LogP contribution in [0.25, 0.3) is 0 Å². The summed E-state index contributed by atoms with van der Waals surface area (Å²) in [6.07, 6.45) is -8.89. The van der Waals surface area contributed by atoms with Crippen LogP contribution in [0.4, 0.5) is 36.8 Å². The van der Waals surface area contributed by atoms with E-state index in [1.165, 1.54) is 18.3 Å². The Morgan fingerprint density at radius 3 is 2.16 bits per heavy atom. The fourth-order valence-corrected chi connectivity index (χ4v) is 1.08. The number of aromatic nitrogens is 1. The standard InChI is InChI=1S/C9H7F6N3O/c10-8(11,12)6(9(13,14)15)18-7(19)17-5-2-1-3-16-4-5/h1-4,6H,(H2,17,18,19). The van der Waals surface area contributed by atoms with Gasteiger partial charge in [0.15, 0.2) is 0 Å². The van der Waals surface area contributed by atoms with E-state index >= 15 is 0 Å². The van der Waals surface area contributed by atoms with E-state index in [-0.39, 0.29) is 5.69 Å². The topological polar surface area (TPSA) is 54.0 Å². The predicted octanol–water partition coefficient (Wildman–Crippen LogP) is 2.70. The quantitative estimate of drug-likeness (QED) is 0.822. The molecule has 0 bridgehead atoms. The lowest BCUT2D eigenvalue weighted by Crippen LogP contribution is -2.55. The molecule has 0 radical (unpaired) electrons. The summed E-state index contributed by atoms with van der Waals surface area (Å²) in [6, 6.07) is -2.96. The SMILES string of the molecule is O=C(Nc1cccnc1)NC(C(F)(F)F)C(F)(F)F. The highest BCUT2D eigenvalue weighted by Crippen LogP contribution is 2.33. The van der Waals surface area contributed by atoms with Gasteiger partial charge in [0.25, 0.3) is 0 Å². The Hall–Kier alpha value is -2.00. The highest BCUT2D eigenvalue weighted by Gasteiger charge is 2.57. The summed E-state index contributed by atoms with van der Waals surface area (Å²) < 4.78 is 72.8. The molecule has 0 atom stereocenters. The van der Waals surface area contributed by atoms with Crippen LogP contribution in [0, 0.1) is 0 Å². The number of amides is 2. The van der Waals surface area contributed by atoms with Gasteiger partial charge in [-0.05, 0) is 12.1 Å². The Morgan fingerprint density at radius 1 is 1.16 bits per heavy atom. The Morgan fingerprint density at radius 2 is 1.74 bits per heavy atom. The number of nitrogens with one attached hydrogen (secondary N) is 2. The molecule has 0 aliphatic carbocycles. The zero-order valence-corrected chi connectivity index (χ0v) is 9.01. The van der Waals surface area contributed by atoms with Gasteiger partial charge < -0.3 is 10.6 Å². The van der Waals surface area contributed by atoms with Crippen LogP contribution < -0.4 is 10.6 Å². The lowest BCUT2D eigenvalue weighted by molar-refractivity contribution is -0.255. The lowest BCUT2D eigenvalue weighted by atomic mass is 10.3. The van der Waals surface area contributed by atoms with Crippen LogP contribution in [0.2, 0.25) is 0 Å². The zero-order valence-electron chi connectivity index (χ0n) is 9.01. The number of urea groups is 1. The predicted molar refractivity (Wildman–Crippen MR) is 52.3 cm³/mol. The first-order chi connectivity index (χ1) is 8.60. The minimum Gasteiger partial charge on any atom is -0.318 e. The molecule has 0 unspecified atom stereocenters. The second-order valence-electron chi connectivity index (χ2n) is 3.36. The van der Waals surface area contributed by atoms with Crippen LogP contribution >= 0.6 is 0 Å². The largest absolute Gasteiger partial charge is 0.417 e. The third-order valence-electron chi connectivity index (χ3n) is 1.85. The van der Waals surface area contributed by atoms with Crippen molar-refractivity contribution >= 4 is 11.7 Å². The van der Waals surface area contributed by atoms with Crippen molar-refractivity contribution in [3.05, 3.63) is 24.5 Å². The molecule has 10 heteroatoms. The summed E-state index contributed by atoms with van der Waals surface area (Å²) in [6.45, 7) is 0. The number of carbonyl (C=O) groups is 1. The zero-order chi connectivity index (χ0) is 14.7. The Bertz CT molecular complexity index is 416. The summed E-state index contributed by atoms with van der Waals surface area (Å²) in [5.41, 5.74) is -0.0388. The van der Waals surface area contributed by atoms with Crippen molar-refractivity contribution in [2.45, 2.75) is 18.4 Å². The highest BCUT2D eigenvalue weighted by molar-refractivity contribution is 5.89. The molecule has 19 heavy (non-hydrogen) atoms. The molecule has 106 valence electrons. The van der Waals surface area contributed by atoms with Crippen molar-refractivity contribution in [1.29, 1.82) is 0 Å². The average Bonchev–Trinajstić information content (AvgIpc) is 2.24. The molecule has 0 aromatic carbocycles. The minimum atomic E-state index is -5.63. The molecule has 2 amide bonds. The molecule has 0 saturated carbocycles. The first kappa shape index (κ1) is 15.1. The van der Waals surface area contributed by atoms with Gasteiger partial charge in [-0.15, -0.1) is 0 Å². The molecular weight excluding hydrogens is 280 g/mol. The summed E-state index contributed by atoms with van der Waals surface area (Å²) >= 11 is 0. The number of alkyl halides is 6. The lowest BCUT2D eigenvalue weighted by Gasteiger charge is -2.23. The number of halogens is 6. The maximum Gasteiger partial charge on any atom is 0.417 e. The van der Waals surface area contributed by atoms with E-state index in [0.29, 0.717) is 0 Å². The summed E-state index contributed by atoms with van der Waals surface area (Å²) in [5.74, 6) is 0. The van der Waals surface area contributed by atoms with Crippen molar-refractivity contribution in [2.75, 3.05) is 5.32 Å². The molecule has 2 N–H and O–H groups in total. The van der Waals surface area contributed by atoms with Crippen LogP contribution in [0.15, 0.2) is 24.5 Å². The molecule has 1 aromatic heterocycles. The number of carbonyl (C=O) groups excluding carboxylic acids is 1. The van der Waals surface area contributed by atoms with E-state index in [4.69, 9.17) is 0 Å². The molecular formula is C9H7F6N3O. The molecule has 1 aromatic rings. The molecule has 4 nitrogen and oxygen atoms in total. The van der Waals surface area contributed by atoms with Gasteiger partial charge in [-0.2, -0.15) is 26.3 Å². The number of pyridine rings is 1. The molecule has 0 fully saturated rings. The van der Waals surface area contributed by atoms with Gasteiger partial charge in [-0.3, -0.25) is 4.98 Å². The van der Waals surface area contributed by atoms with E-state index in [9.17, 15) is 31.1 Å². The van der Waals surface area contributed by atoms with Crippen molar-refractivity contribution in [1.82, 2.24) is 10.3 Å². The maximum atomic E-state index is 12.1. The molecule has 1 rings (SSSR count). The van der Waals surface area contributed by atoms with Gasteiger partial charge >= 0.3 is 18.4 Å². The average molecular weight is 287 g/mol. The Balaban J connectivity index is 2.73. The smallest absolute Gasteiger partial charge is 0.318 e. The van der Waals surface area contributed by atoms with Gasteiger partial charge in [0.05, 0.1) is 11.9 Å². The van der Waals surface area contributed by atoms with Gasteiger partial charge in [0.2, 0.25) is 6.04 Å². The highest BCUT2D eigenvalue weighted by atomic mass is 19.4. The molecule has 0 aliphatic rings. The van der Waals surface area contributed by atoms with Crippen molar-refractivity contribution < 1.29 is 31.1 Å². The third-order valence-corrected chi connectivity index (χ3v) is 1.85. The van der Waals surface area contributed by atoms with Gasteiger partial charge in [-0.1, -0.05) is 0 Å². The molecule has 1 heterocycles. The minimum absolute atomic E-state index is 0.0388. The number of anilines is 1. The first-order valence-corrected chi connectivity index (χ1v) is 4.71. The van der Waals surface area contributed by atoms with Gasteiger partial charge in [-0.25, -0.2) is 4.79 Å². The number of rotatable bonds is 2. The van der Waals surface area contributed by atoms with Gasteiger partial charge in [0.1, 0.15) is 0 Å². The first-order valence-electron chi connectivity index (χ1n) is 4.71. The van der Waals surface area contributed by atoms with Crippen LogP contribution in [-0.4, -0.2) is 29.4 Å². The van der Waals surface area contributed by atoms with Gasteiger partial charge in [0, 0.05) is 6.20 Å². The third kappa shape index (κ3) is 4.64. The van der Waals surface area contributed by atoms with Crippen LogP contribution in [0.3, 0.4) is 0 Å². The summed E-state index contributed by atoms with van der Waals surface area (Å²) in [5, 5.41) is 2.62. The fraction of sp³-hybridized carbons (Fsp3) is 0.333. The van der Waals surface area contributed by atoms with E-state index in [0.717, 1.165) is 11.5 Å². The van der Waals surface area contributed by atoms with E-state index in [1.54, 1.807) is 5.32 Å². The molecule has 0 spiro atoms. The Labute approximate surface area is 102 Å². The van der Waals surface area contributed by atoms with Crippen molar-refractivity contribution in [3.63, 3.8) is 0 Å². The van der Waals surface area contributed by atoms with Crippen LogP contribution in [0.5, 0.6) is 0 Å². The van der Waals surface area contributed by atoms with Crippen molar-refractivity contribution in [2.24, 2.45) is 0 Å². The van der Waals surface area contributed by atoms with E-state index in [2.05, 4.69) is 4.98 Å². The molecule has 0 saturated heterocycles. The maximum absolute atomic E-state index is 12.1. The van der Waals surface area contributed by atoms with E-state index in [1.807, 2.05) is 0 Å². The Kier molecular flexibility index (Phi) is 4.22. The number of nitrogens with zero attached hydrogens (tertiary/aromatic N) is 1. The second-order valence-corrected chi connectivity index (χ2v) is 3.36. The normalized spacial score (nSPS) is 12.4. The van der Waals surface area contributed by atoms with Crippen molar-refractivity contribution in [3.8, 4) is 0 Å². The van der Waals surface area contributed by atoms with Crippen LogP contribution in [0.1, 0.15) is 0 Å². The monoisotopic (exact) mass is 287 g/mol. The summed E-state index contributed by atoms with van der Waals surface area (Å²) in [7, 11) is 0. The number of hydrogen-bond donors (Lipinski definition) is 2.